The van der Waals surface area contributed by atoms with Crippen molar-refractivity contribution < 1.29 is 4.74 Å². The van der Waals surface area contributed by atoms with Crippen LogP contribution in [-0.2, 0) is 24.1 Å². The number of rotatable bonds is 10. The molecule has 0 saturated carbocycles. The Kier molecular flexibility index (Phi) is 7.31. The van der Waals surface area contributed by atoms with Crippen LogP contribution in [0.2, 0.25) is 5.02 Å². The van der Waals surface area contributed by atoms with Gasteiger partial charge in [0.05, 0.1) is 12.4 Å². The molecule has 5 heteroatoms. The van der Waals surface area contributed by atoms with Crippen molar-refractivity contribution in [2.45, 2.75) is 38.3 Å². The summed E-state index contributed by atoms with van der Waals surface area (Å²) in [6.07, 6.45) is 9.69. The summed E-state index contributed by atoms with van der Waals surface area (Å²) in [4.78, 5) is 4.13. The van der Waals surface area contributed by atoms with Gasteiger partial charge in [-0.15, -0.1) is 0 Å². The summed E-state index contributed by atoms with van der Waals surface area (Å²) in [7, 11) is 0. The second kappa shape index (κ2) is 10.1. The van der Waals surface area contributed by atoms with Crippen LogP contribution < -0.4 is 5.73 Å². The van der Waals surface area contributed by atoms with Gasteiger partial charge in [-0.2, -0.15) is 0 Å². The fourth-order valence-corrected chi connectivity index (χ4v) is 3.17. The Balaban J connectivity index is 1.48. The minimum absolute atomic E-state index is 0.154. The first-order valence-electron chi connectivity index (χ1n) is 9.35. The van der Waals surface area contributed by atoms with E-state index in [2.05, 4.69) is 33.8 Å². The Morgan fingerprint density at radius 3 is 2.41 bits per heavy atom. The molecular weight excluding hydrogens is 358 g/mol. The third kappa shape index (κ3) is 6.74. The normalized spacial score (nSPS) is 12.2. The van der Waals surface area contributed by atoms with E-state index < -0.39 is 0 Å². The molecule has 2 aromatic carbocycles. The maximum Gasteiger partial charge on any atom is 0.0946 e. The Labute approximate surface area is 165 Å². The van der Waals surface area contributed by atoms with Crippen LogP contribution >= 0.6 is 11.6 Å². The van der Waals surface area contributed by atoms with Crippen LogP contribution in [-0.4, -0.2) is 22.3 Å². The number of aromatic nitrogens is 2. The van der Waals surface area contributed by atoms with Gasteiger partial charge in [0.15, 0.2) is 0 Å². The van der Waals surface area contributed by atoms with E-state index in [0.29, 0.717) is 0 Å². The van der Waals surface area contributed by atoms with Crippen LogP contribution in [0.5, 0.6) is 0 Å². The number of hydrogen-bond acceptors (Lipinski definition) is 3. The quantitative estimate of drug-likeness (QED) is 0.405. The maximum absolute atomic E-state index is 6.21. The van der Waals surface area contributed by atoms with E-state index in [0.717, 1.165) is 49.5 Å². The molecule has 3 aromatic rings. The molecule has 0 amide bonds. The van der Waals surface area contributed by atoms with Crippen molar-refractivity contribution in [2.75, 3.05) is 12.3 Å². The molecule has 0 aliphatic carbocycles. The number of ether oxygens (including phenoxy) is 1. The van der Waals surface area contributed by atoms with Crippen molar-refractivity contribution in [3.05, 3.63) is 83.4 Å². The number of aryl methyl sites for hydroxylation is 2. The van der Waals surface area contributed by atoms with Crippen molar-refractivity contribution in [2.24, 2.45) is 0 Å². The Morgan fingerprint density at radius 1 is 1.00 bits per heavy atom. The lowest BCUT2D eigenvalue weighted by Gasteiger charge is -2.19. The number of nitrogens with zero attached hydrogens (tertiary/aromatic N) is 2. The third-order valence-corrected chi connectivity index (χ3v) is 4.84. The number of halogens is 1. The number of benzene rings is 2. The van der Waals surface area contributed by atoms with Crippen molar-refractivity contribution in [1.82, 2.24) is 9.55 Å². The Hall–Kier alpha value is -2.30. The van der Waals surface area contributed by atoms with Crippen LogP contribution in [0.3, 0.4) is 0 Å². The molecule has 3 rings (SSSR count). The standard InChI is InChI=1S/C22H26ClN3O/c23-20-8-3-19(4-9-20)7-12-22(16-26-14-13-25-17-26)27-15-1-2-18-5-10-21(24)11-6-18/h3-6,8-11,13-14,17,22H,1-2,7,12,15-16,24H2. The van der Waals surface area contributed by atoms with Crippen LogP contribution in [0, 0.1) is 0 Å². The first-order valence-corrected chi connectivity index (χ1v) is 9.73. The highest BCUT2D eigenvalue weighted by molar-refractivity contribution is 6.30. The molecule has 27 heavy (non-hydrogen) atoms. The molecule has 0 aliphatic rings. The number of anilines is 1. The van der Waals surface area contributed by atoms with Gasteiger partial charge in [0.1, 0.15) is 0 Å². The fourth-order valence-electron chi connectivity index (χ4n) is 3.05. The Morgan fingerprint density at radius 2 is 1.70 bits per heavy atom. The van der Waals surface area contributed by atoms with Crippen LogP contribution in [0.25, 0.3) is 0 Å². The summed E-state index contributed by atoms with van der Waals surface area (Å²) in [6.45, 7) is 1.56. The van der Waals surface area contributed by atoms with Crippen molar-refractivity contribution in [3.63, 3.8) is 0 Å². The fraction of sp³-hybridized carbons (Fsp3) is 0.318. The number of imidazole rings is 1. The van der Waals surface area contributed by atoms with Gasteiger partial charge in [-0.3, -0.25) is 0 Å². The maximum atomic E-state index is 6.21. The lowest BCUT2D eigenvalue weighted by atomic mass is 10.1. The van der Waals surface area contributed by atoms with Gasteiger partial charge in [-0.25, -0.2) is 4.98 Å². The van der Waals surface area contributed by atoms with Gasteiger partial charge in [0.25, 0.3) is 0 Å². The van der Waals surface area contributed by atoms with Crippen molar-refractivity contribution in [1.29, 1.82) is 0 Å². The number of nitrogens with two attached hydrogens (primary N) is 1. The minimum Gasteiger partial charge on any atom is -0.399 e. The van der Waals surface area contributed by atoms with Gasteiger partial charge in [-0.1, -0.05) is 35.9 Å². The first-order chi connectivity index (χ1) is 13.2. The smallest absolute Gasteiger partial charge is 0.0946 e. The molecule has 0 saturated heterocycles. The van der Waals surface area contributed by atoms with E-state index in [4.69, 9.17) is 22.1 Å². The van der Waals surface area contributed by atoms with Gasteiger partial charge < -0.3 is 15.0 Å². The highest BCUT2D eigenvalue weighted by Gasteiger charge is 2.11. The molecule has 0 aliphatic heterocycles. The molecule has 1 aromatic heterocycles. The van der Waals surface area contributed by atoms with Gasteiger partial charge in [-0.05, 0) is 61.1 Å². The Bertz CT molecular complexity index is 785. The highest BCUT2D eigenvalue weighted by Crippen LogP contribution is 2.14. The van der Waals surface area contributed by atoms with Gasteiger partial charge in [0, 0.05) is 36.3 Å². The molecule has 142 valence electrons. The zero-order valence-corrected chi connectivity index (χ0v) is 16.2. The predicted octanol–water partition coefficient (Wildman–Crippen LogP) is 4.77. The average molecular weight is 384 g/mol. The summed E-state index contributed by atoms with van der Waals surface area (Å²) in [5, 5.41) is 0.771. The zero-order valence-electron chi connectivity index (χ0n) is 15.4. The summed E-state index contributed by atoms with van der Waals surface area (Å²) < 4.78 is 8.28. The average Bonchev–Trinajstić information content (AvgIpc) is 3.19. The number of nitrogen functional groups attached to an aromatic ring is 1. The third-order valence-electron chi connectivity index (χ3n) is 4.58. The molecule has 1 unspecified atom stereocenters. The molecule has 4 nitrogen and oxygen atoms in total. The molecule has 1 heterocycles. The summed E-state index contributed by atoms with van der Waals surface area (Å²) in [6, 6.07) is 16.1. The summed E-state index contributed by atoms with van der Waals surface area (Å²) in [5.41, 5.74) is 9.11. The van der Waals surface area contributed by atoms with Crippen molar-refractivity contribution >= 4 is 17.3 Å². The monoisotopic (exact) mass is 383 g/mol. The lowest BCUT2D eigenvalue weighted by molar-refractivity contribution is 0.0346. The van der Waals surface area contributed by atoms with E-state index in [1.165, 1.54) is 11.1 Å². The van der Waals surface area contributed by atoms with Crippen molar-refractivity contribution in [3.8, 4) is 0 Å². The van der Waals surface area contributed by atoms with Gasteiger partial charge >= 0.3 is 0 Å². The first kappa shape index (κ1) is 19.5. The highest BCUT2D eigenvalue weighted by atomic mass is 35.5. The molecule has 0 fully saturated rings. The SMILES string of the molecule is Nc1ccc(CCCOC(CCc2ccc(Cl)cc2)Cn2ccnc2)cc1. The second-order valence-electron chi connectivity index (χ2n) is 6.76. The number of hydrogen-bond donors (Lipinski definition) is 1. The second-order valence-corrected chi connectivity index (χ2v) is 7.20. The van der Waals surface area contributed by atoms with E-state index in [1.54, 1.807) is 6.20 Å². The molecule has 1 atom stereocenters. The zero-order chi connectivity index (χ0) is 18.9. The van der Waals surface area contributed by atoms with E-state index in [9.17, 15) is 0 Å². The lowest BCUT2D eigenvalue weighted by Crippen LogP contribution is -2.21. The van der Waals surface area contributed by atoms with Gasteiger partial charge in [0.2, 0.25) is 0 Å². The summed E-state index contributed by atoms with van der Waals surface area (Å²) in [5.74, 6) is 0. The predicted molar refractivity (Wildman–Crippen MR) is 111 cm³/mol. The van der Waals surface area contributed by atoms with E-state index in [-0.39, 0.29) is 6.10 Å². The topological polar surface area (TPSA) is 53.1 Å². The molecule has 0 spiro atoms. The molecular formula is C22H26ClN3O. The minimum atomic E-state index is 0.154. The summed E-state index contributed by atoms with van der Waals surface area (Å²) >= 11 is 5.97. The molecule has 0 bridgehead atoms. The van der Waals surface area contributed by atoms with Crippen LogP contribution in [0.4, 0.5) is 5.69 Å². The van der Waals surface area contributed by atoms with Crippen LogP contribution in [0.1, 0.15) is 24.0 Å². The molecule has 0 radical (unpaired) electrons. The van der Waals surface area contributed by atoms with E-state index >= 15 is 0 Å². The van der Waals surface area contributed by atoms with Crippen LogP contribution in [0.15, 0.2) is 67.3 Å². The molecule has 2 N–H and O–H groups in total. The van der Waals surface area contributed by atoms with E-state index in [1.807, 2.05) is 36.8 Å². The largest absolute Gasteiger partial charge is 0.399 e.